The van der Waals surface area contributed by atoms with Crippen molar-refractivity contribution in [2.45, 2.75) is 39.3 Å². The highest BCUT2D eigenvalue weighted by Gasteiger charge is 2.16. The molecule has 0 fully saturated rings. The van der Waals surface area contributed by atoms with Crippen LogP contribution in [0.15, 0.2) is 24.5 Å². The minimum atomic E-state index is -0.199. The highest BCUT2D eigenvalue weighted by atomic mass is 19.1. The fraction of sp³-hybridized carbons (Fsp3) is 0.467. The Balaban J connectivity index is 2.22. The third-order valence-electron chi connectivity index (χ3n) is 3.47. The average Bonchev–Trinajstić information content (AvgIpc) is 2.84. The quantitative estimate of drug-likeness (QED) is 0.882. The zero-order valence-electron chi connectivity index (χ0n) is 12.2. The number of benzene rings is 1. The molecule has 2 rings (SSSR count). The number of likely N-dealkylation sites (N-methyl/N-ethyl adjacent to an activating group) is 1. The van der Waals surface area contributed by atoms with E-state index >= 15 is 0 Å². The molecule has 0 bridgehead atoms. The SMILES string of the molecule is CCCn1ncnc1CC(NC)c1ccc(F)cc1C. The highest BCUT2D eigenvalue weighted by Crippen LogP contribution is 2.21. The van der Waals surface area contributed by atoms with Crippen molar-refractivity contribution in [3.8, 4) is 0 Å². The van der Waals surface area contributed by atoms with Crippen molar-refractivity contribution in [2.75, 3.05) is 7.05 Å². The van der Waals surface area contributed by atoms with E-state index < -0.39 is 0 Å². The molecule has 1 unspecified atom stereocenters. The second-order valence-corrected chi connectivity index (χ2v) is 4.95. The molecule has 1 aromatic carbocycles. The second-order valence-electron chi connectivity index (χ2n) is 4.95. The van der Waals surface area contributed by atoms with Gasteiger partial charge in [-0.3, -0.25) is 4.68 Å². The predicted molar refractivity (Wildman–Crippen MR) is 77.0 cm³/mol. The highest BCUT2D eigenvalue weighted by molar-refractivity contribution is 5.30. The van der Waals surface area contributed by atoms with Crippen LogP contribution in [0.2, 0.25) is 0 Å². The number of nitrogens with one attached hydrogen (secondary N) is 1. The fourth-order valence-electron chi connectivity index (χ4n) is 2.42. The van der Waals surface area contributed by atoms with Crippen LogP contribution in [0.4, 0.5) is 4.39 Å². The van der Waals surface area contributed by atoms with Crippen LogP contribution in [-0.2, 0) is 13.0 Å². The lowest BCUT2D eigenvalue weighted by Gasteiger charge is -2.19. The molecule has 0 amide bonds. The summed E-state index contributed by atoms with van der Waals surface area (Å²) < 4.78 is 15.1. The Bertz CT molecular complexity index is 565. The van der Waals surface area contributed by atoms with Crippen LogP contribution in [0.25, 0.3) is 0 Å². The van der Waals surface area contributed by atoms with Crippen LogP contribution in [0.1, 0.15) is 36.3 Å². The van der Waals surface area contributed by atoms with Gasteiger partial charge < -0.3 is 5.32 Å². The van der Waals surface area contributed by atoms with Gasteiger partial charge in [0.25, 0.3) is 0 Å². The van der Waals surface area contributed by atoms with E-state index in [1.54, 1.807) is 12.4 Å². The number of hydrogen-bond acceptors (Lipinski definition) is 3. The Morgan fingerprint density at radius 2 is 2.20 bits per heavy atom. The molecule has 0 radical (unpaired) electrons. The topological polar surface area (TPSA) is 42.7 Å². The molecule has 0 aliphatic rings. The molecule has 1 heterocycles. The summed E-state index contributed by atoms with van der Waals surface area (Å²) >= 11 is 0. The summed E-state index contributed by atoms with van der Waals surface area (Å²) in [5, 5.41) is 7.52. The van der Waals surface area contributed by atoms with E-state index in [9.17, 15) is 4.39 Å². The number of halogens is 1. The molecule has 20 heavy (non-hydrogen) atoms. The number of rotatable bonds is 6. The van der Waals surface area contributed by atoms with Gasteiger partial charge in [-0.25, -0.2) is 9.37 Å². The predicted octanol–water partition coefficient (Wildman–Crippen LogP) is 2.64. The summed E-state index contributed by atoms with van der Waals surface area (Å²) in [6, 6.07) is 5.02. The van der Waals surface area contributed by atoms with E-state index in [1.165, 1.54) is 6.07 Å². The number of nitrogens with zero attached hydrogens (tertiary/aromatic N) is 3. The maximum absolute atomic E-state index is 13.2. The third kappa shape index (κ3) is 3.22. The third-order valence-corrected chi connectivity index (χ3v) is 3.47. The molecule has 0 saturated heterocycles. The van der Waals surface area contributed by atoms with Crippen LogP contribution >= 0.6 is 0 Å². The van der Waals surface area contributed by atoms with Crippen LogP contribution < -0.4 is 5.32 Å². The van der Waals surface area contributed by atoms with Crippen molar-refractivity contribution in [1.82, 2.24) is 20.1 Å². The van der Waals surface area contributed by atoms with Gasteiger partial charge in [0.2, 0.25) is 0 Å². The smallest absolute Gasteiger partial charge is 0.138 e. The van der Waals surface area contributed by atoms with Gasteiger partial charge >= 0.3 is 0 Å². The summed E-state index contributed by atoms with van der Waals surface area (Å²) in [5.41, 5.74) is 2.05. The first kappa shape index (κ1) is 14.7. The largest absolute Gasteiger partial charge is 0.313 e. The zero-order valence-corrected chi connectivity index (χ0v) is 12.2. The second kappa shape index (κ2) is 6.61. The Morgan fingerprint density at radius 1 is 1.40 bits per heavy atom. The Morgan fingerprint density at radius 3 is 2.85 bits per heavy atom. The van der Waals surface area contributed by atoms with Crippen LogP contribution in [0.5, 0.6) is 0 Å². The van der Waals surface area contributed by atoms with Crippen LogP contribution in [0, 0.1) is 12.7 Å². The van der Waals surface area contributed by atoms with Gasteiger partial charge in [-0.15, -0.1) is 0 Å². The van der Waals surface area contributed by atoms with E-state index in [1.807, 2.05) is 24.7 Å². The standard InChI is InChI=1S/C15H21FN4/c1-4-7-20-15(18-10-19-20)9-14(17-3)13-6-5-12(16)8-11(13)2/h5-6,8,10,14,17H,4,7,9H2,1-3H3. The molecule has 5 heteroatoms. The minimum absolute atomic E-state index is 0.107. The molecule has 1 atom stereocenters. The van der Waals surface area contributed by atoms with Crippen molar-refractivity contribution >= 4 is 0 Å². The maximum atomic E-state index is 13.2. The summed E-state index contributed by atoms with van der Waals surface area (Å²) in [6.07, 6.45) is 3.36. The summed E-state index contributed by atoms with van der Waals surface area (Å²) in [7, 11) is 1.91. The monoisotopic (exact) mass is 276 g/mol. The Kier molecular flexibility index (Phi) is 4.84. The number of hydrogen-bond donors (Lipinski definition) is 1. The van der Waals surface area contributed by atoms with E-state index in [0.29, 0.717) is 0 Å². The molecule has 2 aromatic rings. The lowest BCUT2D eigenvalue weighted by Crippen LogP contribution is -2.22. The molecule has 0 aliphatic heterocycles. The molecule has 108 valence electrons. The molecular weight excluding hydrogens is 255 g/mol. The van der Waals surface area contributed by atoms with E-state index in [2.05, 4.69) is 22.3 Å². The van der Waals surface area contributed by atoms with Crippen molar-refractivity contribution in [3.63, 3.8) is 0 Å². The molecular formula is C15H21FN4. The van der Waals surface area contributed by atoms with Gasteiger partial charge in [0.15, 0.2) is 0 Å². The van der Waals surface area contributed by atoms with E-state index in [4.69, 9.17) is 0 Å². The molecule has 0 aliphatic carbocycles. The fourth-order valence-corrected chi connectivity index (χ4v) is 2.42. The normalized spacial score (nSPS) is 12.6. The van der Waals surface area contributed by atoms with Gasteiger partial charge in [0, 0.05) is 19.0 Å². The minimum Gasteiger partial charge on any atom is -0.313 e. The zero-order chi connectivity index (χ0) is 14.5. The Labute approximate surface area is 119 Å². The first-order chi connectivity index (χ1) is 9.65. The Hall–Kier alpha value is -1.75. The molecule has 1 aromatic heterocycles. The summed E-state index contributed by atoms with van der Waals surface area (Å²) in [6.45, 7) is 4.92. The average molecular weight is 276 g/mol. The van der Waals surface area contributed by atoms with Crippen molar-refractivity contribution in [2.24, 2.45) is 0 Å². The van der Waals surface area contributed by atoms with E-state index in [0.717, 1.165) is 36.3 Å². The first-order valence-electron chi connectivity index (χ1n) is 6.95. The van der Waals surface area contributed by atoms with Gasteiger partial charge in [0.1, 0.15) is 18.0 Å². The van der Waals surface area contributed by atoms with Gasteiger partial charge in [-0.2, -0.15) is 5.10 Å². The summed E-state index contributed by atoms with van der Waals surface area (Å²) in [4.78, 5) is 4.33. The number of aryl methyl sites for hydroxylation is 2. The van der Waals surface area contributed by atoms with E-state index in [-0.39, 0.29) is 11.9 Å². The molecule has 1 N–H and O–H groups in total. The van der Waals surface area contributed by atoms with Crippen LogP contribution in [-0.4, -0.2) is 21.8 Å². The molecule has 4 nitrogen and oxygen atoms in total. The summed E-state index contributed by atoms with van der Waals surface area (Å²) in [5.74, 6) is 0.755. The lowest BCUT2D eigenvalue weighted by molar-refractivity contribution is 0.514. The number of aromatic nitrogens is 3. The maximum Gasteiger partial charge on any atom is 0.138 e. The first-order valence-corrected chi connectivity index (χ1v) is 6.95. The van der Waals surface area contributed by atoms with Gasteiger partial charge in [0.05, 0.1) is 0 Å². The van der Waals surface area contributed by atoms with Gasteiger partial charge in [-0.1, -0.05) is 13.0 Å². The van der Waals surface area contributed by atoms with Gasteiger partial charge in [-0.05, 0) is 43.7 Å². The van der Waals surface area contributed by atoms with Crippen molar-refractivity contribution < 1.29 is 4.39 Å². The molecule has 0 saturated carbocycles. The van der Waals surface area contributed by atoms with Crippen molar-refractivity contribution in [1.29, 1.82) is 0 Å². The lowest BCUT2D eigenvalue weighted by atomic mass is 9.98. The molecule has 0 spiro atoms. The van der Waals surface area contributed by atoms with Crippen LogP contribution in [0.3, 0.4) is 0 Å². The van der Waals surface area contributed by atoms with Crippen molar-refractivity contribution in [3.05, 3.63) is 47.3 Å².